The minimum atomic E-state index is -0.542. The van der Waals surface area contributed by atoms with E-state index in [1.165, 1.54) is 5.56 Å². The summed E-state index contributed by atoms with van der Waals surface area (Å²) in [5.74, 6) is 0.872. The van der Waals surface area contributed by atoms with E-state index in [0.29, 0.717) is 6.42 Å². The second-order valence-corrected chi connectivity index (χ2v) is 5.57. The van der Waals surface area contributed by atoms with Gasteiger partial charge in [0.1, 0.15) is 5.75 Å². The van der Waals surface area contributed by atoms with Crippen LogP contribution in [0.3, 0.4) is 0 Å². The van der Waals surface area contributed by atoms with Crippen molar-refractivity contribution in [2.24, 2.45) is 0 Å². The highest BCUT2D eigenvalue weighted by Crippen LogP contribution is 2.34. The van der Waals surface area contributed by atoms with E-state index < -0.39 is 6.10 Å². The Kier molecular flexibility index (Phi) is 3.06. The molecule has 4 heteroatoms. The van der Waals surface area contributed by atoms with E-state index in [4.69, 9.17) is 4.74 Å². The highest BCUT2D eigenvalue weighted by atomic mass is 32.1. The zero-order chi connectivity index (χ0) is 12.5. The van der Waals surface area contributed by atoms with Gasteiger partial charge in [-0.05, 0) is 12.5 Å². The lowest BCUT2D eigenvalue weighted by molar-refractivity contribution is 0.172. The quantitative estimate of drug-likeness (QED) is 0.923. The van der Waals surface area contributed by atoms with Crippen molar-refractivity contribution in [2.75, 3.05) is 6.61 Å². The van der Waals surface area contributed by atoms with Crippen molar-refractivity contribution < 1.29 is 9.84 Å². The maximum absolute atomic E-state index is 10.3. The second kappa shape index (κ2) is 4.71. The van der Waals surface area contributed by atoms with Gasteiger partial charge in [-0.1, -0.05) is 18.2 Å². The molecule has 18 heavy (non-hydrogen) atoms. The largest absolute Gasteiger partial charge is 0.493 e. The molecule has 0 saturated carbocycles. The first-order chi connectivity index (χ1) is 8.74. The molecule has 0 spiro atoms. The fraction of sp³-hybridized carbons (Fsp3) is 0.357. The average molecular weight is 261 g/mol. The molecule has 0 saturated heterocycles. The Labute approximate surface area is 110 Å². The second-order valence-electron chi connectivity index (χ2n) is 4.51. The number of aryl methyl sites for hydroxylation is 1. The van der Waals surface area contributed by atoms with E-state index in [1.54, 1.807) is 11.3 Å². The van der Waals surface area contributed by atoms with Gasteiger partial charge >= 0.3 is 0 Å². The van der Waals surface area contributed by atoms with Crippen molar-refractivity contribution >= 4 is 11.3 Å². The number of thiazole rings is 1. The van der Waals surface area contributed by atoms with Crippen LogP contribution in [0.2, 0.25) is 0 Å². The van der Waals surface area contributed by atoms with E-state index in [1.807, 2.05) is 24.4 Å². The number of aliphatic hydroxyl groups excluding tert-OH is 1. The Morgan fingerprint density at radius 1 is 1.50 bits per heavy atom. The van der Waals surface area contributed by atoms with Crippen molar-refractivity contribution in [1.82, 2.24) is 4.98 Å². The van der Waals surface area contributed by atoms with Crippen LogP contribution in [0.4, 0.5) is 0 Å². The van der Waals surface area contributed by atoms with Gasteiger partial charge in [0.05, 0.1) is 23.4 Å². The SMILES string of the molecule is Cc1nc(CC(O)c2cccc3c2OCC3)cs1. The summed E-state index contributed by atoms with van der Waals surface area (Å²) < 4.78 is 5.62. The number of nitrogens with zero attached hydrogens (tertiary/aromatic N) is 1. The number of ether oxygens (including phenoxy) is 1. The van der Waals surface area contributed by atoms with Gasteiger partial charge in [-0.15, -0.1) is 11.3 Å². The van der Waals surface area contributed by atoms with Gasteiger partial charge in [-0.2, -0.15) is 0 Å². The van der Waals surface area contributed by atoms with Crippen LogP contribution in [-0.4, -0.2) is 16.7 Å². The van der Waals surface area contributed by atoms with Gasteiger partial charge in [0.25, 0.3) is 0 Å². The van der Waals surface area contributed by atoms with Gasteiger partial charge in [-0.3, -0.25) is 0 Å². The molecule has 1 aliphatic rings. The fourth-order valence-corrected chi connectivity index (χ4v) is 2.94. The molecule has 1 aliphatic heterocycles. The zero-order valence-corrected chi connectivity index (χ0v) is 11.0. The molecule has 94 valence electrons. The number of aliphatic hydroxyl groups is 1. The first-order valence-electron chi connectivity index (χ1n) is 6.07. The van der Waals surface area contributed by atoms with Crippen LogP contribution in [0, 0.1) is 6.92 Å². The standard InChI is InChI=1S/C14H15NO2S/c1-9-15-11(8-18-9)7-13(16)12-4-2-3-10-5-6-17-14(10)12/h2-4,8,13,16H,5-7H2,1H3. The summed E-state index contributed by atoms with van der Waals surface area (Å²) in [6, 6.07) is 5.98. The molecule has 3 nitrogen and oxygen atoms in total. The molecule has 1 atom stereocenters. The van der Waals surface area contributed by atoms with E-state index >= 15 is 0 Å². The molecule has 1 aromatic carbocycles. The van der Waals surface area contributed by atoms with Crippen LogP contribution in [0.25, 0.3) is 0 Å². The van der Waals surface area contributed by atoms with Crippen molar-refractivity contribution in [3.05, 3.63) is 45.4 Å². The molecule has 0 bridgehead atoms. The minimum Gasteiger partial charge on any atom is -0.493 e. The predicted molar refractivity (Wildman–Crippen MR) is 71.2 cm³/mol. The third-order valence-electron chi connectivity index (χ3n) is 3.17. The molecule has 1 unspecified atom stereocenters. The average Bonchev–Trinajstić information content (AvgIpc) is 2.97. The maximum Gasteiger partial charge on any atom is 0.128 e. The van der Waals surface area contributed by atoms with Gasteiger partial charge in [0, 0.05) is 23.8 Å². The summed E-state index contributed by atoms with van der Waals surface area (Å²) >= 11 is 1.61. The summed E-state index contributed by atoms with van der Waals surface area (Å²) in [5.41, 5.74) is 3.03. The summed E-state index contributed by atoms with van der Waals surface area (Å²) in [6.07, 6.45) is 0.940. The summed E-state index contributed by atoms with van der Waals surface area (Å²) in [6.45, 7) is 2.69. The monoisotopic (exact) mass is 261 g/mol. The maximum atomic E-state index is 10.3. The lowest BCUT2D eigenvalue weighted by Crippen LogP contribution is -2.04. The van der Waals surface area contributed by atoms with Crippen LogP contribution >= 0.6 is 11.3 Å². The summed E-state index contributed by atoms with van der Waals surface area (Å²) in [5, 5.41) is 13.4. The van der Waals surface area contributed by atoms with Crippen LogP contribution in [0.1, 0.15) is 27.9 Å². The molecule has 2 heterocycles. The molecule has 0 fully saturated rings. The lowest BCUT2D eigenvalue weighted by atomic mass is 10.0. The van der Waals surface area contributed by atoms with E-state index in [-0.39, 0.29) is 0 Å². The highest BCUT2D eigenvalue weighted by molar-refractivity contribution is 7.09. The Morgan fingerprint density at radius 3 is 3.17 bits per heavy atom. The smallest absolute Gasteiger partial charge is 0.128 e. The molecule has 2 aromatic rings. The molecular weight excluding hydrogens is 246 g/mol. The minimum absolute atomic E-state index is 0.542. The fourth-order valence-electron chi connectivity index (χ4n) is 2.31. The lowest BCUT2D eigenvalue weighted by Gasteiger charge is -2.13. The van der Waals surface area contributed by atoms with Crippen LogP contribution < -0.4 is 4.74 Å². The zero-order valence-electron chi connectivity index (χ0n) is 10.2. The molecule has 0 amide bonds. The van der Waals surface area contributed by atoms with E-state index in [2.05, 4.69) is 11.1 Å². The number of hydrogen-bond acceptors (Lipinski definition) is 4. The molecule has 1 N–H and O–H groups in total. The third-order valence-corrected chi connectivity index (χ3v) is 4.00. The molecule has 0 radical (unpaired) electrons. The topological polar surface area (TPSA) is 42.4 Å². The van der Waals surface area contributed by atoms with Crippen molar-refractivity contribution in [2.45, 2.75) is 25.9 Å². The first kappa shape index (κ1) is 11.7. The number of benzene rings is 1. The van der Waals surface area contributed by atoms with Gasteiger partial charge in [0.2, 0.25) is 0 Å². The third kappa shape index (κ3) is 2.13. The first-order valence-corrected chi connectivity index (χ1v) is 6.95. The van der Waals surface area contributed by atoms with Crippen LogP contribution in [0.15, 0.2) is 23.6 Å². The summed E-state index contributed by atoms with van der Waals surface area (Å²) in [7, 11) is 0. The Hall–Kier alpha value is -1.39. The Balaban J connectivity index is 1.84. The predicted octanol–water partition coefficient (Wildman–Crippen LogP) is 2.66. The number of rotatable bonds is 3. The van der Waals surface area contributed by atoms with E-state index in [9.17, 15) is 5.11 Å². The number of aromatic nitrogens is 1. The Bertz CT molecular complexity index is 565. The van der Waals surface area contributed by atoms with Gasteiger partial charge in [-0.25, -0.2) is 4.98 Å². The summed E-state index contributed by atoms with van der Waals surface area (Å²) in [4.78, 5) is 4.39. The number of para-hydroxylation sites is 1. The van der Waals surface area contributed by atoms with Crippen molar-refractivity contribution in [3.8, 4) is 5.75 Å². The van der Waals surface area contributed by atoms with Crippen LogP contribution in [-0.2, 0) is 12.8 Å². The number of hydrogen-bond donors (Lipinski definition) is 1. The molecular formula is C14H15NO2S. The van der Waals surface area contributed by atoms with Crippen LogP contribution in [0.5, 0.6) is 5.75 Å². The number of fused-ring (bicyclic) bond motifs is 1. The molecule has 1 aromatic heterocycles. The normalized spacial score (nSPS) is 15.2. The molecule has 3 rings (SSSR count). The molecule has 0 aliphatic carbocycles. The van der Waals surface area contributed by atoms with Crippen molar-refractivity contribution in [1.29, 1.82) is 0 Å². The van der Waals surface area contributed by atoms with Gasteiger partial charge in [0.15, 0.2) is 0 Å². The van der Waals surface area contributed by atoms with E-state index in [0.717, 1.165) is 35.0 Å². The van der Waals surface area contributed by atoms with Gasteiger partial charge < -0.3 is 9.84 Å². The highest BCUT2D eigenvalue weighted by Gasteiger charge is 2.21. The Morgan fingerprint density at radius 2 is 2.39 bits per heavy atom. The van der Waals surface area contributed by atoms with Crippen molar-refractivity contribution in [3.63, 3.8) is 0 Å².